The minimum absolute atomic E-state index is 0.00292. The van der Waals surface area contributed by atoms with Crippen molar-refractivity contribution < 1.29 is 21.9 Å². The fourth-order valence-corrected chi connectivity index (χ4v) is 5.89. The summed E-state index contributed by atoms with van der Waals surface area (Å²) in [6.07, 6.45) is 3.93. The van der Waals surface area contributed by atoms with E-state index in [1.807, 2.05) is 26.0 Å². The smallest absolute Gasteiger partial charge is 0.211 e. The molecule has 0 spiro atoms. The SMILES string of the molecule is CCC(C)N1CC(C)(C)Oc2c(F)cc(-c3nc(Cc4ccc5c(n4)CN(S(C)(=O)=O)CC5)ncc3F)cc21. The number of rotatable bonds is 6. The van der Waals surface area contributed by atoms with Crippen LogP contribution in [0.5, 0.6) is 5.75 Å². The molecule has 1 aromatic carbocycles. The summed E-state index contributed by atoms with van der Waals surface area (Å²) in [6.45, 7) is 9.17. The van der Waals surface area contributed by atoms with Gasteiger partial charge in [-0.15, -0.1) is 0 Å². The molecule has 0 radical (unpaired) electrons. The first-order valence-electron chi connectivity index (χ1n) is 13.1. The molecule has 0 aliphatic carbocycles. The molecule has 1 atom stereocenters. The van der Waals surface area contributed by atoms with Crippen LogP contribution in [0.25, 0.3) is 11.3 Å². The molecular formula is C28H33F2N5O3S. The number of hydrogen-bond donors (Lipinski definition) is 0. The van der Waals surface area contributed by atoms with E-state index in [4.69, 9.17) is 4.74 Å². The minimum atomic E-state index is -3.33. The Labute approximate surface area is 228 Å². The van der Waals surface area contributed by atoms with Crippen molar-refractivity contribution in [3.63, 3.8) is 0 Å². The van der Waals surface area contributed by atoms with Crippen molar-refractivity contribution in [2.45, 2.75) is 65.1 Å². The van der Waals surface area contributed by atoms with Crippen LogP contribution in [0.15, 0.2) is 30.5 Å². The summed E-state index contributed by atoms with van der Waals surface area (Å²) < 4.78 is 61.8. The van der Waals surface area contributed by atoms with Crippen LogP contribution < -0.4 is 9.64 Å². The average Bonchev–Trinajstić information content (AvgIpc) is 2.88. The van der Waals surface area contributed by atoms with E-state index in [1.54, 1.807) is 6.07 Å². The first-order chi connectivity index (χ1) is 18.3. The maximum atomic E-state index is 15.4. The van der Waals surface area contributed by atoms with Gasteiger partial charge in [-0.1, -0.05) is 13.0 Å². The third-order valence-corrected chi connectivity index (χ3v) is 8.59. The maximum absolute atomic E-state index is 15.4. The van der Waals surface area contributed by atoms with Gasteiger partial charge in [-0.2, -0.15) is 4.31 Å². The first-order valence-corrected chi connectivity index (χ1v) is 14.9. The van der Waals surface area contributed by atoms with Crippen LogP contribution in [0.1, 0.15) is 56.9 Å². The molecule has 2 aliphatic heterocycles. The molecule has 5 rings (SSSR count). The third kappa shape index (κ3) is 5.60. The lowest BCUT2D eigenvalue weighted by Gasteiger charge is -2.44. The Morgan fingerprint density at radius 2 is 1.92 bits per heavy atom. The average molecular weight is 558 g/mol. The van der Waals surface area contributed by atoms with Crippen molar-refractivity contribution in [3.8, 4) is 17.0 Å². The monoisotopic (exact) mass is 557 g/mol. The fourth-order valence-electron chi connectivity index (χ4n) is 5.11. The number of nitrogens with zero attached hydrogens (tertiary/aromatic N) is 5. The summed E-state index contributed by atoms with van der Waals surface area (Å²) in [4.78, 5) is 15.4. The minimum Gasteiger partial charge on any atom is -0.481 e. The molecule has 8 nitrogen and oxygen atoms in total. The molecule has 2 aromatic heterocycles. The van der Waals surface area contributed by atoms with Gasteiger partial charge in [0.15, 0.2) is 17.4 Å². The van der Waals surface area contributed by atoms with E-state index in [2.05, 4.69) is 33.7 Å². The van der Waals surface area contributed by atoms with Crippen molar-refractivity contribution >= 4 is 15.7 Å². The second-order valence-corrected chi connectivity index (χ2v) is 13.0. The van der Waals surface area contributed by atoms with Crippen LogP contribution in [0.3, 0.4) is 0 Å². The Morgan fingerprint density at radius 3 is 2.64 bits per heavy atom. The van der Waals surface area contributed by atoms with E-state index in [1.165, 1.54) is 16.6 Å². The van der Waals surface area contributed by atoms with E-state index < -0.39 is 27.3 Å². The third-order valence-electron chi connectivity index (χ3n) is 7.34. The van der Waals surface area contributed by atoms with Gasteiger partial charge < -0.3 is 9.64 Å². The standard InChI is InChI=1S/C28H33F2N5O3S/c1-6-17(2)35-16-28(3,4)38-27-21(29)11-19(12-24(27)35)26-22(30)14-31-25(33-26)13-20-8-7-18-9-10-34(39(5,36)37)15-23(18)32-20/h7-8,11-12,14,17H,6,9-10,13,15-16H2,1-5H3. The summed E-state index contributed by atoms with van der Waals surface area (Å²) in [7, 11) is -3.33. The largest absolute Gasteiger partial charge is 0.481 e. The lowest BCUT2D eigenvalue weighted by atomic mass is 10.00. The first kappa shape index (κ1) is 27.4. The Kier molecular flexibility index (Phi) is 7.09. The Hall–Kier alpha value is -3.18. The molecule has 11 heteroatoms. The number of aromatic nitrogens is 3. The van der Waals surface area contributed by atoms with Crippen molar-refractivity contribution in [1.29, 1.82) is 0 Å². The summed E-state index contributed by atoms with van der Waals surface area (Å²) in [5.41, 5.74) is 2.62. The highest BCUT2D eigenvalue weighted by Gasteiger charge is 2.36. The van der Waals surface area contributed by atoms with Crippen LogP contribution in [0, 0.1) is 11.6 Å². The maximum Gasteiger partial charge on any atom is 0.211 e. The summed E-state index contributed by atoms with van der Waals surface area (Å²) >= 11 is 0. The van der Waals surface area contributed by atoms with E-state index in [0.29, 0.717) is 48.0 Å². The van der Waals surface area contributed by atoms with Gasteiger partial charge in [-0.3, -0.25) is 4.98 Å². The summed E-state index contributed by atoms with van der Waals surface area (Å²) in [6, 6.07) is 6.89. The molecular weight excluding hydrogens is 524 g/mol. The van der Waals surface area contributed by atoms with Crippen molar-refractivity contribution in [1.82, 2.24) is 19.3 Å². The van der Waals surface area contributed by atoms with Crippen molar-refractivity contribution in [2.75, 3.05) is 24.2 Å². The Morgan fingerprint density at radius 1 is 1.15 bits per heavy atom. The lowest BCUT2D eigenvalue weighted by molar-refractivity contribution is 0.0960. The predicted octanol–water partition coefficient (Wildman–Crippen LogP) is 4.50. The zero-order valence-corrected chi connectivity index (χ0v) is 23.6. The molecule has 0 amide bonds. The highest BCUT2D eigenvalue weighted by molar-refractivity contribution is 7.88. The molecule has 0 fully saturated rings. The highest BCUT2D eigenvalue weighted by atomic mass is 32.2. The predicted molar refractivity (Wildman–Crippen MR) is 145 cm³/mol. The van der Waals surface area contributed by atoms with Gasteiger partial charge in [0.1, 0.15) is 17.1 Å². The fraction of sp³-hybridized carbons (Fsp3) is 0.464. The van der Waals surface area contributed by atoms with Crippen molar-refractivity contribution in [3.05, 3.63) is 64.9 Å². The highest BCUT2D eigenvalue weighted by Crippen LogP contribution is 2.43. The number of halogens is 2. The van der Waals surface area contributed by atoms with Crippen LogP contribution in [0.4, 0.5) is 14.5 Å². The van der Waals surface area contributed by atoms with E-state index in [9.17, 15) is 8.42 Å². The van der Waals surface area contributed by atoms with E-state index >= 15 is 8.78 Å². The number of anilines is 1. The van der Waals surface area contributed by atoms with E-state index in [-0.39, 0.29) is 30.5 Å². The van der Waals surface area contributed by atoms with Gasteiger partial charge in [0.2, 0.25) is 10.0 Å². The van der Waals surface area contributed by atoms with Crippen LogP contribution in [0.2, 0.25) is 0 Å². The van der Waals surface area contributed by atoms with Gasteiger partial charge in [0.25, 0.3) is 0 Å². The summed E-state index contributed by atoms with van der Waals surface area (Å²) in [5.74, 6) is -0.752. The van der Waals surface area contributed by atoms with Gasteiger partial charge in [0, 0.05) is 23.8 Å². The van der Waals surface area contributed by atoms with Crippen LogP contribution in [-0.4, -0.2) is 58.7 Å². The van der Waals surface area contributed by atoms with Gasteiger partial charge >= 0.3 is 0 Å². The number of ether oxygens (including phenoxy) is 1. The molecule has 1 unspecified atom stereocenters. The Balaban J connectivity index is 1.47. The molecule has 39 heavy (non-hydrogen) atoms. The molecule has 2 aliphatic rings. The quantitative estimate of drug-likeness (QED) is 0.441. The van der Waals surface area contributed by atoms with Gasteiger partial charge in [-0.05, 0) is 57.4 Å². The second-order valence-electron chi connectivity index (χ2n) is 11.0. The molecule has 4 heterocycles. The van der Waals surface area contributed by atoms with Crippen LogP contribution in [-0.2, 0) is 29.4 Å². The molecule has 3 aromatic rings. The molecule has 0 N–H and O–H groups in total. The lowest BCUT2D eigenvalue weighted by Crippen LogP contribution is -2.50. The zero-order chi connectivity index (χ0) is 28.1. The zero-order valence-electron chi connectivity index (χ0n) is 22.8. The van der Waals surface area contributed by atoms with E-state index in [0.717, 1.165) is 18.2 Å². The molecule has 0 saturated heterocycles. The molecule has 0 bridgehead atoms. The number of fused-ring (bicyclic) bond motifs is 2. The summed E-state index contributed by atoms with van der Waals surface area (Å²) in [5, 5.41) is 0. The molecule has 0 saturated carbocycles. The number of benzene rings is 1. The van der Waals surface area contributed by atoms with Crippen LogP contribution >= 0.6 is 0 Å². The number of hydrogen-bond acceptors (Lipinski definition) is 7. The second kappa shape index (κ2) is 10.1. The number of pyridine rings is 1. The number of sulfonamides is 1. The normalized spacial score (nSPS) is 17.8. The van der Waals surface area contributed by atoms with Gasteiger partial charge in [0.05, 0.1) is 43.3 Å². The van der Waals surface area contributed by atoms with Crippen molar-refractivity contribution in [2.24, 2.45) is 0 Å². The topological polar surface area (TPSA) is 88.5 Å². The molecule has 208 valence electrons. The Bertz CT molecular complexity index is 1530. The van der Waals surface area contributed by atoms with Gasteiger partial charge in [-0.25, -0.2) is 27.2 Å².